The Kier molecular flexibility index (Phi) is 5.71. The number of aryl methyl sites for hydroxylation is 1. The summed E-state index contributed by atoms with van der Waals surface area (Å²) in [6.07, 6.45) is 1.91. The number of thioether (sulfide) groups is 1. The highest BCUT2D eigenvalue weighted by atomic mass is 35.5. The van der Waals surface area contributed by atoms with Crippen molar-refractivity contribution in [2.45, 2.75) is 23.8 Å². The maximum atomic E-state index is 12.7. The van der Waals surface area contributed by atoms with E-state index >= 15 is 0 Å². The first-order chi connectivity index (χ1) is 12.9. The number of nitrogens with zero attached hydrogens (tertiary/aromatic N) is 3. The Balaban J connectivity index is 1.80. The molecule has 2 aromatic heterocycles. The Morgan fingerprint density at radius 3 is 2.89 bits per heavy atom. The minimum atomic E-state index is -0.402. The number of ether oxygens (including phenoxy) is 1. The lowest BCUT2D eigenvalue weighted by Crippen LogP contribution is -2.25. The zero-order valence-electron chi connectivity index (χ0n) is 14.9. The molecule has 1 amide bonds. The number of methoxy groups -OCH3 is 1. The van der Waals surface area contributed by atoms with Crippen LogP contribution < -0.4 is 15.6 Å². The van der Waals surface area contributed by atoms with Crippen molar-refractivity contribution in [3.8, 4) is 5.75 Å². The standard InChI is InChI=1S/C17H18ClN5O3S/c1-4-12(15(24)21-9-5-6-11(26-3)10(18)7-9)27-17-22-13-14(23(17)2)19-8-20-16(13)25/h5-8,12H,4H2,1-3H3,(H,21,24)(H,19,20,25)/t12-/m0/s1. The van der Waals surface area contributed by atoms with Crippen LogP contribution in [0.1, 0.15) is 13.3 Å². The average molecular weight is 408 g/mol. The monoisotopic (exact) mass is 407 g/mol. The van der Waals surface area contributed by atoms with Gasteiger partial charge >= 0.3 is 0 Å². The highest BCUT2D eigenvalue weighted by Crippen LogP contribution is 2.29. The Labute approximate surface area is 164 Å². The van der Waals surface area contributed by atoms with E-state index in [4.69, 9.17) is 16.3 Å². The van der Waals surface area contributed by atoms with Crippen LogP contribution in [0.25, 0.3) is 11.2 Å². The summed E-state index contributed by atoms with van der Waals surface area (Å²) in [5.41, 5.74) is 0.985. The first kappa shape index (κ1) is 19.2. The maximum Gasteiger partial charge on any atom is 0.278 e. The summed E-state index contributed by atoms with van der Waals surface area (Å²) in [4.78, 5) is 35.5. The second-order valence-corrected chi connectivity index (χ2v) is 7.29. The second-order valence-electron chi connectivity index (χ2n) is 5.71. The molecule has 1 aromatic carbocycles. The van der Waals surface area contributed by atoms with Crippen LogP contribution in [-0.2, 0) is 11.8 Å². The number of benzene rings is 1. The lowest BCUT2D eigenvalue weighted by molar-refractivity contribution is -0.115. The molecule has 3 aromatic rings. The summed E-state index contributed by atoms with van der Waals surface area (Å²) in [6.45, 7) is 1.91. The van der Waals surface area contributed by atoms with Crippen LogP contribution in [-0.4, -0.2) is 37.8 Å². The fourth-order valence-electron chi connectivity index (χ4n) is 2.51. The Bertz CT molecular complexity index is 1050. The summed E-state index contributed by atoms with van der Waals surface area (Å²) >= 11 is 7.38. The molecule has 10 heteroatoms. The molecule has 8 nitrogen and oxygen atoms in total. The average Bonchev–Trinajstić information content (AvgIpc) is 2.97. The quantitative estimate of drug-likeness (QED) is 0.609. The molecule has 0 radical (unpaired) electrons. The molecule has 0 saturated heterocycles. The largest absolute Gasteiger partial charge is 0.495 e. The highest BCUT2D eigenvalue weighted by molar-refractivity contribution is 8.00. The molecule has 0 spiro atoms. The molecule has 142 valence electrons. The molecule has 0 unspecified atom stereocenters. The van der Waals surface area contributed by atoms with Crippen molar-refractivity contribution in [3.05, 3.63) is 39.9 Å². The van der Waals surface area contributed by atoms with E-state index in [1.807, 2.05) is 6.92 Å². The van der Waals surface area contributed by atoms with Crippen LogP contribution >= 0.6 is 23.4 Å². The number of rotatable bonds is 6. The van der Waals surface area contributed by atoms with Crippen molar-refractivity contribution in [1.29, 1.82) is 0 Å². The SMILES string of the molecule is CC[C@H](Sc1nc2c(=O)[nH]cnc2n1C)C(=O)Nc1ccc(OC)c(Cl)c1. The third-order valence-corrected chi connectivity index (χ3v) is 5.65. The molecular formula is C17H18ClN5O3S. The molecule has 0 aliphatic rings. The number of fused-ring (bicyclic) bond motifs is 1. The molecular weight excluding hydrogens is 390 g/mol. The zero-order valence-corrected chi connectivity index (χ0v) is 16.5. The number of halogens is 1. The molecule has 0 aliphatic carbocycles. The van der Waals surface area contributed by atoms with Crippen LogP contribution in [0.4, 0.5) is 5.69 Å². The zero-order chi connectivity index (χ0) is 19.6. The van der Waals surface area contributed by atoms with Crippen LogP contribution in [0.3, 0.4) is 0 Å². The summed E-state index contributed by atoms with van der Waals surface area (Å²) in [6, 6.07) is 5.04. The first-order valence-corrected chi connectivity index (χ1v) is 9.41. The van der Waals surface area contributed by atoms with Crippen molar-refractivity contribution in [2.24, 2.45) is 7.05 Å². The maximum absolute atomic E-state index is 12.7. The van der Waals surface area contributed by atoms with Crippen molar-refractivity contribution < 1.29 is 9.53 Å². The number of amides is 1. The summed E-state index contributed by atoms with van der Waals surface area (Å²) < 4.78 is 6.81. The number of nitrogens with one attached hydrogen (secondary N) is 2. The molecule has 0 fully saturated rings. The van der Waals surface area contributed by atoms with E-state index in [2.05, 4.69) is 20.3 Å². The molecule has 0 aliphatic heterocycles. The molecule has 2 N–H and O–H groups in total. The fourth-order valence-corrected chi connectivity index (χ4v) is 3.75. The minimum absolute atomic E-state index is 0.183. The van der Waals surface area contributed by atoms with E-state index in [0.29, 0.717) is 33.7 Å². The number of hydrogen-bond donors (Lipinski definition) is 2. The van der Waals surface area contributed by atoms with E-state index in [1.54, 1.807) is 29.8 Å². The van der Waals surface area contributed by atoms with Crippen molar-refractivity contribution >= 4 is 46.1 Å². The summed E-state index contributed by atoms with van der Waals surface area (Å²) in [7, 11) is 3.29. The van der Waals surface area contributed by atoms with Gasteiger partial charge in [0.2, 0.25) is 5.91 Å². The van der Waals surface area contributed by atoms with Crippen LogP contribution in [0, 0.1) is 0 Å². The third-order valence-electron chi connectivity index (χ3n) is 3.95. The molecule has 1 atom stereocenters. The van der Waals surface area contributed by atoms with E-state index in [1.165, 1.54) is 25.2 Å². The van der Waals surface area contributed by atoms with Gasteiger partial charge in [0.25, 0.3) is 5.56 Å². The van der Waals surface area contributed by atoms with E-state index in [0.717, 1.165) is 0 Å². The van der Waals surface area contributed by atoms with Gasteiger partial charge in [0.05, 0.1) is 23.7 Å². The topological polar surface area (TPSA) is 102 Å². The van der Waals surface area contributed by atoms with E-state index in [-0.39, 0.29) is 17.0 Å². The number of hydrogen-bond acceptors (Lipinski definition) is 6. The van der Waals surface area contributed by atoms with Crippen molar-refractivity contribution in [2.75, 3.05) is 12.4 Å². The van der Waals surface area contributed by atoms with Crippen LogP contribution in [0.2, 0.25) is 5.02 Å². The van der Waals surface area contributed by atoms with Crippen molar-refractivity contribution in [3.63, 3.8) is 0 Å². The predicted octanol–water partition coefficient (Wildman–Crippen LogP) is 2.83. The predicted molar refractivity (Wildman–Crippen MR) is 106 cm³/mol. The molecule has 27 heavy (non-hydrogen) atoms. The van der Waals surface area contributed by atoms with Gasteiger partial charge in [-0.1, -0.05) is 30.3 Å². The smallest absolute Gasteiger partial charge is 0.278 e. The number of aromatic nitrogens is 4. The van der Waals surface area contributed by atoms with E-state index < -0.39 is 5.25 Å². The number of H-pyrrole nitrogens is 1. The minimum Gasteiger partial charge on any atom is -0.495 e. The number of aromatic amines is 1. The molecule has 0 saturated carbocycles. The normalized spacial score (nSPS) is 12.1. The number of carbonyl (C=O) groups excluding carboxylic acids is 1. The Hall–Kier alpha value is -2.52. The summed E-state index contributed by atoms with van der Waals surface area (Å²) in [5, 5.41) is 3.41. The van der Waals surface area contributed by atoms with E-state index in [9.17, 15) is 9.59 Å². The number of anilines is 1. The van der Waals surface area contributed by atoms with Gasteiger partial charge in [-0.2, -0.15) is 0 Å². The van der Waals surface area contributed by atoms with Crippen LogP contribution in [0.15, 0.2) is 34.5 Å². The second kappa shape index (κ2) is 8.01. The summed E-state index contributed by atoms with van der Waals surface area (Å²) in [5.74, 6) is 0.353. The Morgan fingerprint density at radius 1 is 1.48 bits per heavy atom. The van der Waals surface area contributed by atoms with Gasteiger partial charge in [0.1, 0.15) is 5.75 Å². The van der Waals surface area contributed by atoms with Gasteiger partial charge in [0.15, 0.2) is 16.3 Å². The van der Waals surface area contributed by atoms with Gasteiger partial charge in [-0.25, -0.2) is 9.97 Å². The van der Waals surface area contributed by atoms with Gasteiger partial charge in [-0.05, 0) is 24.6 Å². The number of carbonyl (C=O) groups is 1. The lowest BCUT2D eigenvalue weighted by Gasteiger charge is -2.15. The van der Waals surface area contributed by atoms with Gasteiger partial charge in [0, 0.05) is 12.7 Å². The van der Waals surface area contributed by atoms with Gasteiger partial charge in [-0.15, -0.1) is 0 Å². The van der Waals surface area contributed by atoms with Gasteiger partial charge < -0.3 is 19.6 Å². The lowest BCUT2D eigenvalue weighted by atomic mass is 10.2. The van der Waals surface area contributed by atoms with Crippen LogP contribution in [0.5, 0.6) is 5.75 Å². The highest BCUT2D eigenvalue weighted by Gasteiger charge is 2.22. The molecule has 0 bridgehead atoms. The Morgan fingerprint density at radius 2 is 2.26 bits per heavy atom. The molecule has 3 rings (SSSR count). The molecule has 2 heterocycles. The fraction of sp³-hybridized carbons (Fsp3) is 0.294. The first-order valence-electron chi connectivity index (χ1n) is 8.15. The number of imidazole rings is 1. The van der Waals surface area contributed by atoms with Crippen molar-refractivity contribution in [1.82, 2.24) is 19.5 Å². The third kappa shape index (κ3) is 3.93. The van der Waals surface area contributed by atoms with Gasteiger partial charge in [-0.3, -0.25) is 9.59 Å².